The highest BCUT2D eigenvalue weighted by molar-refractivity contribution is 9.10. The normalized spacial score (nSPS) is 15.1. The van der Waals surface area contributed by atoms with Crippen molar-refractivity contribution in [1.29, 1.82) is 0 Å². The summed E-state index contributed by atoms with van der Waals surface area (Å²) >= 11 is 3.04. The second kappa shape index (κ2) is 6.56. The van der Waals surface area contributed by atoms with Gasteiger partial charge in [0.2, 0.25) is 0 Å². The van der Waals surface area contributed by atoms with E-state index in [4.69, 9.17) is 0 Å². The third-order valence-electron chi connectivity index (χ3n) is 2.30. The molecule has 0 aliphatic carbocycles. The number of aliphatic hydroxyl groups excluding tert-OH is 2. The molecule has 0 bridgehead atoms. The van der Waals surface area contributed by atoms with Crippen molar-refractivity contribution in [3.05, 3.63) is 28.2 Å². The van der Waals surface area contributed by atoms with Crippen molar-refractivity contribution >= 4 is 15.9 Å². The Bertz CT molecular complexity index is 428. The lowest BCUT2D eigenvalue weighted by molar-refractivity contribution is -0.274. The van der Waals surface area contributed by atoms with E-state index >= 15 is 0 Å². The van der Waals surface area contributed by atoms with Crippen LogP contribution in [0.25, 0.3) is 0 Å². The fraction of sp³-hybridized carbons (Fsp3) is 0.455. The van der Waals surface area contributed by atoms with Gasteiger partial charge in [-0.15, -0.1) is 13.2 Å². The van der Waals surface area contributed by atoms with Crippen molar-refractivity contribution in [3.63, 3.8) is 0 Å². The second-order valence-corrected chi connectivity index (χ2v) is 4.66. The number of likely N-dealkylation sites (N-methyl/N-ethyl adjacent to an activating group) is 1. The van der Waals surface area contributed by atoms with Crippen molar-refractivity contribution in [1.82, 2.24) is 5.32 Å². The van der Waals surface area contributed by atoms with Gasteiger partial charge in [-0.1, -0.05) is 22.0 Å². The average Bonchev–Trinajstić information content (AvgIpc) is 2.26. The molecule has 3 N–H and O–H groups in total. The van der Waals surface area contributed by atoms with Gasteiger partial charge in [0.25, 0.3) is 0 Å². The average molecular weight is 344 g/mol. The number of ether oxygens (including phenoxy) is 1. The number of hydrogen-bond acceptors (Lipinski definition) is 4. The summed E-state index contributed by atoms with van der Waals surface area (Å²) in [6.07, 6.45) is -7.07. The van der Waals surface area contributed by atoms with E-state index in [1.54, 1.807) is 7.05 Å². The standard InChI is InChI=1S/C11H13BrF3NO3/c1-16-5-9(17)10(18)7-3-2-6(4-8(7)12)19-11(13,14)15/h2-4,9-10,16-18H,5H2,1H3. The third kappa shape index (κ3) is 4.98. The first-order valence-electron chi connectivity index (χ1n) is 5.30. The van der Waals surface area contributed by atoms with E-state index in [0.29, 0.717) is 0 Å². The van der Waals surface area contributed by atoms with Crippen LogP contribution in [-0.2, 0) is 0 Å². The van der Waals surface area contributed by atoms with Gasteiger partial charge >= 0.3 is 6.36 Å². The first-order valence-corrected chi connectivity index (χ1v) is 6.10. The number of hydrogen-bond donors (Lipinski definition) is 3. The van der Waals surface area contributed by atoms with Crippen LogP contribution in [0.5, 0.6) is 5.75 Å². The predicted molar refractivity (Wildman–Crippen MR) is 65.7 cm³/mol. The van der Waals surface area contributed by atoms with Gasteiger partial charge in [0.15, 0.2) is 0 Å². The highest BCUT2D eigenvalue weighted by atomic mass is 79.9. The van der Waals surface area contributed by atoms with E-state index in [9.17, 15) is 23.4 Å². The number of benzene rings is 1. The molecule has 2 atom stereocenters. The van der Waals surface area contributed by atoms with Crippen molar-refractivity contribution in [2.75, 3.05) is 13.6 Å². The summed E-state index contributed by atoms with van der Waals surface area (Å²) in [5.41, 5.74) is 0.275. The largest absolute Gasteiger partial charge is 0.573 e. The Morgan fingerprint density at radius 2 is 2.00 bits per heavy atom. The SMILES string of the molecule is CNCC(O)C(O)c1ccc(OC(F)(F)F)cc1Br. The van der Waals surface area contributed by atoms with Gasteiger partial charge in [0, 0.05) is 11.0 Å². The minimum atomic E-state index is -4.77. The summed E-state index contributed by atoms with van der Waals surface area (Å²) in [6, 6.07) is 3.41. The van der Waals surface area contributed by atoms with Crippen LogP contribution in [0, 0.1) is 0 Å². The number of rotatable bonds is 5. The molecule has 8 heteroatoms. The molecular formula is C11H13BrF3NO3. The molecule has 0 saturated heterocycles. The fourth-order valence-corrected chi connectivity index (χ4v) is 2.07. The third-order valence-corrected chi connectivity index (χ3v) is 2.99. The number of alkyl halides is 3. The van der Waals surface area contributed by atoms with Gasteiger partial charge < -0.3 is 20.3 Å². The lowest BCUT2D eigenvalue weighted by Crippen LogP contribution is -2.29. The smallest absolute Gasteiger partial charge is 0.406 e. The van der Waals surface area contributed by atoms with Crippen LogP contribution in [0.3, 0.4) is 0 Å². The maximum absolute atomic E-state index is 12.0. The van der Waals surface area contributed by atoms with Crippen molar-refractivity contribution in [2.24, 2.45) is 0 Å². The molecule has 108 valence electrons. The Balaban J connectivity index is 2.88. The molecule has 19 heavy (non-hydrogen) atoms. The molecular weight excluding hydrogens is 331 g/mol. The van der Waals surface area contributed by atoms with E-state index in [2.05, 4.69) is 26.0 Å². The van der Waals surface area contributed by atoms with Gasteiger partial charge in [0.05, 0.1) is 6.10 Å². The Kier molecular flexibility index (Phi) is 5.60. The molecule has 0 amide bonds. The number of nitrogens with one attached hydrogen (secondary N) is 1. The zero-order valence-corrected chi connectivity index (χ0v) is 11.5. The molecule has 1 aromatic rings. The summed E-state index contributed by atoms with van der Waals surface area (Å²) in [7, 11) is 1.60. The zero-order valence-electron chi connectivity index (χ0n) is 9.91. The number of halogens is 4. The van der Waals surface area contributed by atoms with Crippen LogP contribution in [-0.4, -0.2) is 36.3 Å². The van der Waals surface area contributed by atoms with Crippen LogP contribution >= 0.6 is 15.9 Å². The zero-order chi connectivity index (χ0) is 14.6. The van der Waals surface area contributed by atoms with Crippen molar-refractivity contribution < 1.29 is 28.1 Å². The van der Waals surface area contributed by atoms with Crippen LogP contribution in [0.2, 0.25) is 0 Å². The molecule has 0 aliphatic heterocycles. The Morgan fingerprint density at radius 1 is 1.37 bits per heavy atom. The monoisotopic (exact) mass is 343 g/mol. The minimum Gasteiger partial charge on any atom is -0.406 e. The van der Waals surface area contributed by atoms with E-state index in [1.807, 2.05) is 0 Å². The quantitative estimate of drug-likeness (QED) is 0.764. The summed E-state index contributed by atoms with van der Waals surface area (Å²) in [4.78, 5) is 0. The van der Waals surface area contributed by atoms with E-state index in [0.717, 1.165) is 12.1 Å². The maximum atomic E-state index is 12.0. The summed E-state index contributed by atoms with van der Waals surface area (Å²) in [6.45, 7) is 0.147. The Hall–Kier alpha value is -0.830. The maximum Gasteiger partial charge on any atom is 0.573 e. The molecule has 0 radical (unpaired) electrons. The van der Waals surface area contributed by atoms with Gasteiger partial charge in [-0.05, 0) is 24.7 Å². The van der Waals surface area contributed by atoms with Crippen molar-refractivity contribution in [2.45, 2.75) is 18.6 Å². The molecule has 1 rings (SSSR count). The lowest BCUT2D eigenvalue weighted by Gasteiger charge is -2.19. The molecule has 4 nitrogen and oxygen atoms in total. The second-order valence-electron chi connectivity index (χ2n) is 3.80. The van der Waals surface area contributed by atoms with Crippen LogP contribution < -0.4 is 10.1 Å². The Labute approximate surface area is 116 Å². The summed E-state index contributed by atoms with van der Waals surface area (Å²) < 4.78 is 40.0. The van der Waals surface area contributed by atoms with Gasteiger partial charge in [0.1, 0.15) is 11.9 Å². The highest BCUT2D eigenvalue weighted by Gasteiger charge is 2.31. The first kappa shape index (κ1) is 16.2. The van der Waals surface area contributed by atoms with Gasteiger partial charge in [-0.2, -0.15) is 0 Å². The minimum absolute atomic E-state index is 0.147. The molecule has 0 spiro atoms. The van der Waals surface area contributed by atoms with E-state index in [-0.39, 0.29) is 16.6 Å². The van der Waals surface area contributed by atoms with E-state index in [1.165, 1.54) is 6.07 Å². The van der Waals surface area contributed by atoms with Crippen LogP contribution in [0.4, 0.5) is 13.2 Å². The summed E-state index contributed by atoms with van der Waals surface area (Å²) in [5, 5.41) is 22.1. The lowest BCUT2D eigenvalue weighted by atomic mass is 10.0. The van der Waals surface area contributed by atoms with E-state index < -0.39 is 24.3 Å². The molecule has 1 aromatic carbocycles. The predicted octanol–water partition coefficient (Wildman–Crippen LogP) is 1.96. The summed E-state index contributed by atoms with van der Waals surface area (Å²) in [5.74, 6) is -0.404. The number of aliphatic hydroxyl groups is 2. The van der Waals surface area contributed by atoms with Crippen LogP contribution in [0.15, 0.2) is 22.7 Å². The topological polar surface area (TPSA) is 61.7 Å². The molecule has 0 saturated carbocycles. The van der Waals surface area contributed by atoms with Gasteiger partial charge in [-0.25, -0.2) is 0 Å². The molecule has 0 aromatic heterocycles. The fourth-order valence-electron chi connectivity index (χ4n) is 1.47. The van der Waals surface area contributed by atoms with Crippen molar-refractivity contribution in [3.8, 4) is 5.75 Å². The van der Waals surface area contributed by atoms with Gasteiger partial charge in [-0.3, -0.25) is 0 Å². The Morgan fingerprint density at radius 3 is 2.47 bits per heavy atom. The highest BCUT2D eigenvalue weighted by Crippen LogP contribution is 2.31. The molecule has 0 heterocycles. The molecule has 0 fully saturated rings. The molecule has 0 aliphatic rings. The molecule has 2 unspecified atom stereocenters. The first-order chi connectivity index (χ1) is 8.74. The van der Waals surface area contributed by atoms with Crippen LogP contribution in [0.1, 0.15) is 11.7 Å².